The topological polar surface area (TPSA) is 69.1 Å². The van der Waals surface area contributed by atoms with E-state index in [-0.39, 0.29) is 5.91 Å². The Kier molecular flexibility index (Phi) is 4.21. The number of nitrogens with two attached hydrogens (primary N) is 2. The quantitative estimate of drug-likeness (QED) is 0.892. The van der Waals surface area contributed by atoms with Crippen molar-refractivity contribution in [1.82, 2.24) is 0 Å². The summed E-state index contributed by atoms with van der Waals surface area (Å²) in [6.07, 6.45) is 3.47. The smallest absolute Gasteiger partial charge is 0.237 e. The fourth-order valence-corrected chi connectivity index (χ4v) is 4.00. The van der Waals surface area contributed by atoms with E-state index in [1.807, 2.05) is 11.8 Å². The number of carbonyl (C=O) groups excluding carboxylic acids is 1. The van der Waals surface area contributed by atoms with Crippen molar-refractivity contribution < 1.29 is 4.79 Å². The van der Waals surface area contributed by atoms with Gasteiger partial charge in [0.1, 0.15) is 0 Å². The molecular formula is C15H22N2OS. The lowest BCUT2D eigenvalue weighted by Crippen LogP contribution is -2.55. The van der Waals surface area contributed by atoms with E-state index in [1.54, 1.807) is 0 Å². The van der Waals surface area contributed by atoms with Crippen molar-refractivity contribution in [3.05, 3.63) is 29.3 Å². The summed E-state index contributed by atoms with van der Waals surface area (Å²) in [7, 11) is 0. The Balaban J connectivity index is 2.06. The summed E-state index contributed by atoms with van der Waals surface area (Å²) < 4.78 is 0. The summed E-state index contributed by atoms with van der Waals surface area (Å²) in [5.41, 5.74) is 13.3. The van der Waals surface area contributed by atoms with Crippen molar-refractivity contribution in [1.29, 1.82) is 0 Å². The van der Waals surface area contributed by atoms with E-state index in [0.29, 0.717) is 18.1 Å². The van der Waals surface area contributed by atoms with Gasteiger partial charge in [0.05, 0.1) is 5.54 Å². The largest absolute Gasteiger partial charge is 0.368 e. The van der Waals surface area contributed by atoms with Crippen LogP contribution in [0, 0.1) is 13.8 Å². The van der Waals surface area contributed by atoms with Crippen LogP contribution in [0.2, 0.25) is 0 Å². The molecule has 1 amide bonds. The van der Waals surface area contributed by atoms with Gasteiger partial charge in [-0.15, -0.1) is 11.8 Å². The molecule has 1 aromatic rings. The van der Waals surface area contributed by atoms with Gasteiger partial charge in [-0.1, -0.05) is 6.07 Å². The molecule has 0 heterocycles. The second-order valence-corrected chi connectivity index (χ2v) is 6.98. The molecule has 1 aliphatic rings. The molecule has 0 aromatic heterocycles. The van der Waals surface area contributed by atoms with Crippen LogP contribution in [0.15, 0.2) is 23.1 Å². The highest BCUT2D eigenvalue weighted by Crippen LogP contribution is 2.37. The summed E-state index contributed by atoms with van der Waals surface area (Å²) in [6, 6.07) is 6.49. The second-order valence-electron chi connectivity index (χ2n) is 5.60. The zero-order valence-corrected chi connectivity index (χ0v) is 12.4. The van der Waals surface area contributed by atoms with Gasteiger partial charge in [-0.25, -0.2) is 0 Å². The normalized spacial score (nSPS) is 27.2. The van der Waals surface area contributed by atoms with Crippen molar-refractivity contribution in [3.8, 4) is 0 Å². The fraction of sp³-hybridized carbons (Fsp3) is 0.533. The van der Waals surface area contributed by atoms with Crippen molar-refractivity contribution in [2.45, 2.75) is 55.2 Å². The molecule has 2 rings (SSSR count). The minimum absolute atomic E-state index is 0.363. The minimum Gasteiger partial charge on any atom is -0.368 e. The molecule has 0 saturated heterocycles. The molecule has 4 N–H and O–H groups in total. The molecule has 0 bridgehead atoms. The first-order valence-electron chi connectivity index (χ1n) is 6.73. The van der Waals surface area contributed by atoms with Gasteiger partial charge >= 0.3 is 0 Å². The first-order valence-corrected chi connectivity index (χ1v) is 7.61. The zero-order valence-electron chi connectivity index (χ0n) is 11.6. The van der Waals surface area contributed by atoms with Crippen LogP contribution in [0.1, 0.15) is 36.8 Å². The molecule has 19 heavy (non-hydrogen) atoms. The Labute approximate surface area is 119 Å². The number of benzene rings is 1. The molecular weight excluding hydrogens is 256 g/mol. The second kappa shape index (κ2) is 5.55. The lowest BCUT2D eigenvalue weighted by Gasteiger charge is -2.35. The molecule has 104 valence electrons. The minimum atomic E-state index is -0.810. The van der Waals surface area contributed by atoms with E-state index in [4.69, 9.17) is 11.5 Å². The van der Waals surface area contributed by atoms with E-state index < -0.39 is 5.54 Å². The van der Waals surface area contributed by atoms with Gasteiger partial charge in [-0.2, -0.15) is 0 Å². The third-order valence-electron chi connectivity index (χ3n) is 4.01. The monoisotopic (exact) mass is 278 g/mol. The first-order chi connectivity index (χ1) is 8.90. The highest BCUT2D eigenvalue weighted by atomic mass is 32.2. The fourth-order valence-electron chi connectivity index (χ4n) is 2.56. The maximum atomic E-state index is 11.5. The van der Waals surface area contributed by atoms with Crippen LogP contribution < -0.4 is 11.5 Å². The summed E-state index contributed by atoms with van der Waals surface area (Å²) in [5, 5.41) is 0.383. The molecule has 4 heteroatoms. The summed E-state index contributed by atoms with van der Waals surface area (Å²) in [4.78, 5) is 12.7. The molecule has 3 nitrogen and oxygen atoms in total. The van der Waals surface area contributed by atoms with Gasteiger partial charge in [0, 0.05) is 10.1 Å². The number of hydrogen-bond acceptors (Lipinski definition) is 3. The summed E-state index contributed by atoms with van der Waals surface area (Å²) >= 11 is 1.82. The Morgan fingerprint density at radius 3 is 2.74 bits per heavy atom. The molecule has 0 spiro atoms. The number of rotatable bonds is 3. The van der Waals surface area contributed by atoms with Gasteiger partial charge in [0.2, 0.25) is 5.91 Å². The lowest BCUT2D eigenvalue weighted by atomic mass is 9.82. The lowest BCUT2D eigenvalue weighted by molar-refractivity contribution is -0.124. The average molecular weight is 278 g/mol. The van der Waals surface area contributed by atoms with Crippen LogP contribution in [0.5, 0.6) is 0 Å². The molecule has 2 atom stereocenters. The van der Waals surface area contributed by atoms with Crippen LogP contribution in [0.4, 0.5) is 0 Å². The molecule has 1 aromatic carbocycles. The summed E-state index contributed by atoms with van der Waals surface area (Å²) in [5.74, 6) is -0.363. The van der Waals surface area contributed by atoms with Crippen LogP contribution in [-0.2, 0) is 4.79 Å². The van der Waals surface area contributed by atoms with E-state index in [2.05, 4.69) is 32.0 Å². The van der Waals surface area contributed by atoms with Crippen molar-refractivity contribution in [2.75, 3.05) is 0 Å². The van der Waals surface area contributed by atoms with Crippen LogP contribution in [0.3, 0.4) is 0 Å². The standard InChI is InChI=1S/C15H22N2OS/c1-10-5-6-12(8-11(10)2)19-13-4-3-7-15(17,9-13)14(16)18/h5-6,8,13H,3-4,7,9,17H2,1-2H3,(H2,16,18). The number of thioether (sulfide) groups is 1. The molecule has 1 aliphatic carbocycles. The van der Waals surface area contributed by atoms with E-state index in [0.717, 1.165) is 12.8 Å². The number of primary amides is 1. The van der Waals surface area contributed by atoms with Gasteiger partial charge in [0.25, 0.3) is 0 Å². The molecule has 0 aliphatic heterocycles. The predicted molar refractivity (Wildman–Crippen MR) is 80.1 cm³/mol. The summed E-state index contributed by atoms with van der Waals surface area (Å²) in [6.45, 7) is 4.24. The van der Waals surface area contributed by atoms with E-state index in [1.165, 1.54) is 16.0 Å². The van der Waals surface area contributed by atoms with E-state index >= 15 is 0 Å². The van der Waals surface area contributed by atoms with Crippen molar-refractivity contribution in [3.63, 3.8) is 0 Å². The Hall–Kier alpha value is -1.00. The number of amides is 1. The maximum absolute atomic E-state index is 11.5. The molecule has 2 unspecified atom stereocenters. The molecule has 1 saturated carbocycles. The maximum Gasteiger partial charge on any atom is 0.237 e. The Morgan fingerprint density at radius 2 is 2.11 bits per heavy atom. The number of carbonyl (C=O) groups is 1. The Morgan fingerprint density at radius 1 is 1.37 bits per heavy atom. The van der Waals surface area contributed by atoms with Gasteiger partial charge in [-0.05, 0) is 62.8 Å². The van der Waals surface area contributed by atoms with Crippen LogP contribution in [-0.4, -0.2) is 16.7 Å². The first kappa shape index (κ1) is 14.4. The van der Waals surface area contributed by atoms with Crippen LogP contribution in [0.25, 0.3) is 0 Å². The van der Waals surface area contributed by atoms with Crippen molar-refractivity contribution in [2.24, 2.45) is 11.5 Å². The highest BCUT2D eigenvalue weighted by Gasteiger charge is 2.38. The van der Waals surface area contributed by atoms with Gasteiger partial charge < -0.3 is 11.5 Å². The van der Waals surface area contributed by atoms with E-state index in [9.17, 15) is 4.79 Å². The molecule has 1 fully saturated rings. The molecule has 0 radical (unpaired) electrons. The predicted octanol–water partition coefficient (Wildman–Crippen LogP) is 2.52. The van der Waals surface area contributed by atoms with Gasteiger partial charge in [-0.3, -0.25) is 4.79 Å². The zero-order chi connectivity index (χ0) is 14.0. The number of hydrogen-bond donors (Lipinski definition) is 2. The third-order valence-corrected chi connectivity index (χ3v) is 5.27. The average Bonchev–Trinajstić information content (AvgIpc) is 2.34. The third kappa shape index (κ3) is 3.31. The SMILES string of the molecule is Cc1ccc(SC2CCCC(N)(C(N)=O)C2)cc1C. The Bertz CT molecular complexity index is 489. The van der Waals surface area contributed by atoms with Crippen molar-refractivity contribution >= 4 is 17.7 Å². The van der Waals surface area contributed by atoms with Gasteiger partial charge in [0.15, 0.2) is 0 Å². The highest BCUT2D eigenvalue weighted by molar-refractivity contribution is 8.00. The van der Waals surface area contributed by atoms with Crippen LogP contribution >= 0.6 is 11.8 Å². The number of aryl methyl sites for hydroxylation is 2.